The number of hydrogen-bond donors (Lipinski definition) is 2. The van der Waals surface area contributed by atoms with Gasteiger partial charge in [0.2, 0.25) is 5.88 Å². The summed E-state index contributed by atoms with van der Waals surface area (Å²) in [5, 5.41) is 2.68. The number of aromatic nitrogens is 2. The molecule has 186 valence electrons. The van der Waals surface area contributed by atoms with E-state index in [9.17, 15) is 17.6 Å². The van der Waals surface area contributed by atoms with Crippen LogP contribution in [0.15, 0.2) is 65.8 Å². The van der Waals surface area contributed by atoms with Crippen LogP contribution in [0.3, 0.4) is 0 Å². The third-order valence-electron chi connectivity index (χ3n) is 5.83. The molecule has 0 unspecified atom stereocenters. The van der Waals surface area contributed by atoms with E-state index < -0.39 is 21.7 Å². The molecule has 0 fully saturated rings. The fraction of sp³-hybridized carbons (Fsp3) is 0.0800. The van der Waals surface area contributed by atoms with Crippen molar-refractivity contribution < 1.29 is 22.3 Å². The van der Waals surface area contributed by atoms with Gasteiger partial charge in [-0.1, -0.05) is 0 Å². The summed E-state index contributed by atoms with van der Waals surface area (Å²) in [6.45, 7) is 0.162. The second kappa shape index (κ2) is 8.91. The highest BCUT2D eigenvalue weighted by atomic mass is 32.2. The van der Waals surface area contributed by atoms with Crippen LogP contribution < -0.4 is 14.8 Å². The van der Waals surface area contributed by atoms with Gasteiger partial charge in [-0.25, -0.2) is 17.8 Å². The van der Waals surface area contributed by atoms with Crippen molar-refractivity contribution in [3.05, 3.63) is 77.2 Å². The van der Waals surface area contributed by atoms with Crippen molar-refractivity contribution in [3.8, 4) is 26.8 Å². The number of rotatable bonds is 1. The number of pyridine rings is 2. The minimum atomic E-state index is -4.22. The minimum absolute atomic E-state index is 0.0628. The molecule has 8 bridgehead atoms. The standard InChI is InChI=1S/C25H17FN4O4S3/c1-34-25-20-8-13(11-29-25)22-10-19-23(36-22)16(6-7-27-19)21-5-2-14(35-21)12-28-24(31)17-9-15(3-4-18(17)26)37(32,33)30-20/h2-11,30H,12H2,1H3,(H,28,31). The average molecular weight is 553 g/mol. The Labute approximate surface area is 218 Å². The fourth-order valence-corrected chi connectivity index (χ4v) is 7.27. The zero-order chi connectivity index (χ0) is 25.7. The highest BCUT2D eigenvalue weighted by Gasteiger charge is 2.23. The molecule has 1 aliphatic rings. The van der Waals surface area contributed by atoms with Crippen LogP contribution in [0.25, 0.3) is 31.1 Å². The van der Waals surface area contributed by atoms with Crippen LogP contribution in [0, 0.1) is 5.82 Å². The lowest BCUT2D eigenvalue weighted by Gasteiger charge is -2.13. The van der Waals surface area contributed by atoms with Gasteiger partial charge in [0.15, 0.2) is 0 Å². The smallest absolute Gasteiger partial charge is 0.262 e. The van der Waals surface area contributed by atoms with Crippen LogP contribution in [-0.4, -0.2) is 31.4 Å². The highest BCUT2D eigenvalue weighted by Crippen LogP contribution is 2.41. The second-order valence-corrected chi connectivity index (χ2v) is 12.1. The van der Waals surface area contributed by atoms with Gasteiger partial charge in [-0.15, -0.1) is 22.7 Å². The number of sulfonamides is 1. The van der Waals surface area contributed by atoms with E-state index in [-0.39, 0.29) is 28.6 Å². The van der Waals surface area contributed by atoms with Crippen molar-refractivity contribution in [2.75, 3.05) is 11.8 Å². The predicted molar refractivity (Wildman–Crippen MR) is 141 cm³/mol. The van der Waals surface area contributed by atoms with Crippen molar-refractivity contribution in [3.63, 3.8) is 0 Å². The number of carbonyl (C=O) groups excluding carboxylic acids is 1. The third-order valence-corrected chi connectivity index (χ3v) is 9.52. The number of carbonyl (C=O) groups is 1. The Kier molecular flexibility index (Phi) is 5.66. The monoisotopic (exact) mass is 552 g/mol. The zero-order valence-corrected chi connectivity index (χ0v) is 21.6. The summed E-state index contributed by atoms with van der Waals surface area (Å²) in [5.41, 5.74) is 2.18. The molecule has 1 aliphatic heterocycles. The van der Waals surface area contributed by atoms with Crippen LogP contribution in [0.1, 0.15) is 15.2 Å². The average Bonchev–Trinajstić information content (AvgIpc) is 3.54. The summed E-state index contributed by atoms with van der Waals surface area (Å²) in [5.74, 6) is -1.49. The quantitative estimate of drug-likeness (QED) is 0.293. The van der Waals surface area contributed by atoms with E-state index in [1.807, 2.05) is 24.3 Å². The van der Waals surface area contributed by atoms with Crippen LogP contribution in [-0.2, 0) is 16.6 Å². The predicted octanol–water partition coefficient (Wildman–Crippen LogP) is 5.28. The van der Waals surface area contributed by atoms with E-state index in [1.54, 1.807) is 18.5 Å². The van der Waals surface area contributed by atoms with Crippen molar-refractivity contribution in [2.45, 2.75) is 11.4 Å². The Balaban J connectivity index is 1.57. The number of nitrogens with one attached hydrogen (secondary N) is 2. The van der Waals surface area contributed by atoms with Crippen LogP contribution in [0.5, 0.6) is 5.88 Å². The molecule has 0 spiro atoms. The molecule has 12 heteroatoms. The van der Waals surface area contributed by atoms with Gasteiger partial charge in [0.1, 0.15) is 11.5 Å². The van der Waals surface area contributed by atoms with Gasteiger partial charge in [0.25, 0.3) is 15.9 Å². The molecule has 6 rings (SSSR count). The number of nitrogens with zero attached hydrogens (tertiary/aromatic N) is 2. The van der Waals surface area contributed by atoms with Crippen molar-refractivity contribution in [1.82, 2.24) is 15.3 Å². The lowest BCUT2D eigenvalue weighted by molar-refractivity contribution is 0.0947. The van der Waals surface area contributed by atoms with E-state index in [2.05, 4.69) is 20.0 Å². The van der Waals surface area contributed by atoms with Crippen molar-refractivity contribution in [1.29, 1.82) is 0 Å². The normalized spacial score (nSPS) is 14.5. The molecule has 1 aromatic carbocycles. The molecule has 0 saturated carbocycles. The summed E-state index contributed by atoms with van der Waals surface area (Å²) in [6.07, 6.45) is 3.34. The highest BCUT2D eigenvalue weighted by molar-refractivity contribution is 7.92. The SMILES string of the molecule is COc1ncc2cc1NS(=O)(=O)c1ccc(F)c(c1)C(=O)NCc1ccc(s1)-c1ccnc3cc-2sc13. The molecule has 8 nitrogen and oxygen atoms in total. The molecular weight excluding hydrogens is 535 g/mol. The number of amides is 1. The van der Waals surface area contributed by atoms with Gasteiger partial charge >= 0.3 is 0 Å². The molecule has 1 amide bonds. The van der Waals surface area contributed by atoms with Gasteiger partial charge in [-0.05, 0) is 48.5 Å². The Morgan fingerprint density at radius 2 is 1.86 bits per heavy atom. The number of thiophene rings is 2. The summed E-state index contributed by atoms with van der Waals surface area (Å²) >= 11 is 3.02. The number of anilines is 1. The van der Waals surface area contributed by atoms with Crippen molar-refractivity contribution >= 4 is 54.5 Å². The third kappa shape index (κ3) is 4.22. The van der Waals surface area contributed by atoms with E-state index >= 15 is 0 Å². The summed E-state index contributed by atoms with van der Waals surface area (Å²) in [6, 6.07) is 12.4. The van der Waals surface area contributed by atoms with Gasteiger partial charge in [-0.3, -0.25) is 14.5 Å². The van der Waals surface area contributed by atoms with Gasteiger partial charge in [-0.2, -0.15) is 0 Å². The first-order chi connectivity index (χ1) is 17.8. The summed E-state index contributed by atoms with van der Waals surface area (Å²) in [4.78, 5) is 24.0. The minimum Gasteiger partial charge on any atom is -0.480 e. The molecule has 4 aromatic heterocycles. The molecule has 0 aliphatic carbocycles. The lowest BCUT2D eigenvalue weighted by Crippen LogP contribution is -2.24. The molecule has 37 heavy (non-hydrogen) atoms. The number of hydrogen-bond acceptors (Lipinski definition) is 8. The Morgan fingerprint density at radius 3 is 2.70 bits per heavy atom. The maximum absolute atomic E-state index is 14.5. The number of ether oxygens (including phenoxy) is 1. The molecule has 5 heterocycles. The molecule has 0 saturated heterocycles. The van der Waals surface area contributed by atoms with Crippen LogP contribution >= 0.6 is 22.7 Å². The van der Waals surface area contributed by atoms with E-state index in [4.69, 9.17) is 4.74 Å². The first-order valence-electron chi connectivity index (χ1n) is 10.9. The van der Waals surface area contributed by atoms with Gasteiger partial charge in [0.05, 0.1) is 34.3 Å². The molecule has 2 N–H and O–H groups in total. The first kappa shape index (κ1) is 23.5. The van der Waals surface area contributed by atoms with Crippen molar-refractivity contribution in [2.24, 2.45) is 0 Å². The van der Waals surface area contributed by atoms with Crippen LogP contribution in [0.4, 0.5) is 10.1 Å². The Hall–Kier alpha value is -3.87. The number of benzene rings is 1. The molecule has 0 atom stereocenters. The van der Waals surface area contributed by atoms with Gasteiger partial charge < -0.3 is 10.1 Å². The maximum Gasteiger partial charge on any atom is 0.262 e. The second-order valence-electron chi connectivity index (χ2n) is 8.16. The topological polar surface area (TPSA) is 110 Å². The lowest BCUT2D eigenvalue weighted by atomic mass is 10.2. The summed E-state index contributed by atoms with van der Waals surface area (Å²) in [7, 11) is -2.84. The fourth-order valence-electron chi connectivity index (χ4n) is 4.03. The molecule has 0 radical (unpaired) electrons. The molecular formula is C25H17FN4O4S3. The molecule has 5 aromatic rings. The summed E-state index contributed by atoms with van der Waals surface area (Å²) < 4.78 is 49.7. The number of halogens is 1. The van der Waals surface area contributed by atoms with E-state index in [0.29, 0.717) is 5.56 Å². The Morgan fingerprint density at radius 1 is 1.00 bits per heavy atom. The van der Waals surface area contributed by atoms with E-state index in [1.165, 1.54) is 29.8 Å². The van der Waals surface area contributed by atoms with Crippen LogP contribution in [0.2, 0.25) is 0 Å². The van der Waals surface area contributed by atoms with Gasteiger partial charge in [0, 0.05) is 38.2 Å². The zero-order valence-electron chi connectivity index (χ0n) is 19.1. The largest absolute Gasteiger partial charge is 0.480 e. The maximum atomic E-state index is 14.5. The number of fused-ring (bicyclic) bond motifs is 9. The number of methoxy groups -OCH3 is 1. The van der Waals surface area contributed by atoms with E-state index in [0.717, 1.165) is 48.6 Å². The Bertz CT molecular complexity index is 1810. The first-order valence-corrected chi connectivity index (χ1v) is 14.1.